The molecule has 1 atom stereocenters. The van der Waals surface area contributed by atoms with E-state index < -0.39 is 0 Å². The van der Waals surface area contributed by atoms with Crippen molar-refractivity contribution in [2.24, 2.45) is 0 Å². The van der Waals surface area contributed by atoms with Gasteiger partial charge < -0.3 is 14.9 Å². The predicted molar refractivity (Wildman–Crippen MR) is 77.2 cm³/mol. The molecular weight excluding hydrogens is 242 g/mol. The quantitative estimate of drug-likeness (QED) is 0.836. The average Bonchev–Trinajstić information content (AvgIpc) is 2.36. The summed E-state index contributed by atoms with van der Waals surface area (Å²) in [5.74, 6) is 0. The number of aliphatic hydroxyl groups excluding tert-OH is 1. The van der Waals surface area contributed by atoms with E-state index in [4.69, 9.17) is 0 Å². The fourth-order valence-electron chi connectivity index (χ4n) is 2.57. The highest BCUT2D eigenvalue weighted by molar-refractivity contribution is 5.74. The maximum absolute atomic E-state index is 12.3. The lowest BCUT2D eigenvalue weighted by molar-refractivity contribution is 0.0432. The first-order chi connectivity index (χ1) is 8.88. The molecule has 0 spiro atoms. The molecule has 112 valence electrons. The summed E-state index contributed by atoms with van der Waals surface area (Å²) in [6, 6.07) is 1.04. The van der Waals surface area contributed by atoms with E-state index in [2.05, 4.69) is 18.7 Å². The summed E-state index contributed by atoms with van der Waals surface area (Å²) >= 11 is 0. The Morgan fingerprint density at radius 2 is 1.95 bits per heavy atom. The van der Waals surface area contributed by atoms with Crippen molar-refractivity contribution in [3.05, 3.63) is 0 Å². The lowest BCUT2D eigenvalue weighted by Crippen LogP contribution is -2.59. The van der Waals surface area contributed by atoms with Crippen LogP contribution in [0.5, 0.6) is 0 Å². The van der Waals surface area contributed by atoms with E-state index in [9.17, 15) is 9.90 Å². The van der Waals surface area contributed by atoms with Crippen LogP contribution in [0.4, 0.5) is 4.79 Å². The Bertz CT molecular complexity index is 294. The molecule has 1 aliphatic rings. The molecular formula is C14H29N3O2. The van der Waals surface area contributed by atoms with Crippen LogP contribution in [0.3, 0.4) is 0 Å². The summed E-state index contributed by atoms with van der Waals surface area (Å²) in [6.45, 7) is 10.9. The van der Waals surface area contributed by atoms with Crippen LogP contribution in [0.2, 0.25) is 0 Å². The summed E-state index contributed by atoms with van der Waals surface area (Å²) in [5.41, 5.74) is 0. The summed E-state index contributed by atoms with van der Waals surface area (Å²) in [4.78, 5) is 18.4. The minimum Gasteiger partial charge on any atom is -0.396 e. The molecule has 0 radical (unpaired) electrons. The molecule has 1 rings (SSSR count). The van der Waals surface area contributed by atoms with Crippen LogP contribution >= 0.6 is 0 Å². The van der Waals surface area contributed by atoms with E-state index in [1.807, 2.05) is 25.8 Å². The standard InChI is InChI=1S/C14H29N3O2/c1-11(2)15(5)14(19)16-7-8-17(12(3)4)13(10-16)6-9-18/h11-13,18H,6-10H2,1-5H3. The zero-order valence-corrected chi connectivity index (χ0v) is 13.0. The minimum atomic E-state index is 0.0985. The topological polar surface area (TPSA) is 47.0 Å². The van der Waals surface area contributed by atoms with Crippen molar-refractivity contribution in [1.82, 2.24) is 14.7 Å². The second kappa shape index (κ2) is 7.10. The molecule has 1 N–H and O–H groups in total. The number of carbonyl (C=O) groups is 1. The van der Waals surface area contributed by atoms with E-state index in [0.717, 1.165) is 19.5 Å². The second-order valence-electron chi connectivity index (χ2n) is 5.93. The van der Waals surface area contributed by atoms with Gasteiger partial charge in [-0.1, -0.05) is 0 Å². The Morgan fingerprint density at radius 3 is 2.42 bits per heavy atom. The van der Waals surface area contributed by atoms with Gasteiger partial charge in [-0.3, -0.25) is 4.90 Å². The highest BCUT2D eigenvalue weighted by atomic mass is 16.3. The lowest BCUT2D eigenvalue weighted by atomic mass is 10.1. The molecule has 1 aliphatic heterocycles. The van der Waals surface area contributed by atoms with Crippen LogP contribution in [-0.2, 0) is 0 Å². The van der Waals surface area contributed by atoms with Gasteiger partial charge in [-0.15, -0.1) is 0 Å². The van der Waals surface area contributed by atoms with Crippen LogP contribution in [-0.4, -0.2) is 77.3 Å². The molecule has 1 unspecified atom stereocenters. The van der Waals surface area contributed by atoms with Crippen molar-refractivity contribution in [2.45, 2.75) is 52.2 Å². The predicted octanol–water partition coefficient (Wildman–Crippen LogP) is 1.22. The highest BCUT2D eigenvalue weighted by Crippen LogP contribution is 2.17. The van der Waals surface area contributed by atoms with Crippen molar-refractivity contribution >= 4 is 6.03 Å². The van der Waals surface area contributed by atoms with E-state index in [-0.39, 0.29) is 24.7 Å². The molecule has 2 amide bonds. The van der Waals surface area contributed by atoms with Crippen LogP contribution in [0.1, 0.15) is 34.1 Å². The lowest BCUT2D eigenvalue weighted by Gasteiger charge is -2.44. The second-order valence-corrected chi connectivity index (χ2v) is 5.93. The number of piperazine rings is 1. The zero-order chi connectivity index (χ0) is 14.6. The molecule has 0 aromatic carbocycles. The normalized spacial score (nSPS) is 21.3. The summed E-state index contributed by atoms with van der Waals surface area (Å²) in [6.07, 6.45) is 0.730. The average molecular weight is 271 g/mol. The van der Waals surface area contributed by atoms with Gasteiger partial charge in [-0.2, -0.15) is 0 Å². The fraction of sp³-hybridized carbons (Fsp3) is 0.929. The van der Waals surface area contributed by atoms with Gasteiger partial charge in [0.25, 0.3) is 0 Å². The monoisotopic (exact) mass is 271 g/mol. The zero-order valence-electron chi connectivity index (χ0n) is 13.0. The number of hydrogen-bond acceptors (Lipinski definition) is 3. The Balaban J connectivity index is 2.68. The Kier molecular flexibility index (Phi) is 6.07. The molecule has 5 nitrogen and oxygen atoms in total. The van der Waals surface area contributed by atoms with Crippen molar-refractivity contribution in [1.29, 1.82) is 0 Å². The smallest absolute Gasteiger partial charge is 0.320 e. The molecule has 0 aliphatic carbocycles. The third-order valence-corrected chi connectivity index (χ3v) is 4.00. The molecule has 1 saturated heterocycles. The molecule has 19 heavy (non-hydrogen) atoms. The van der Waals surface area contributed by atoms with Crippen molar-refractivity contribution < 1.29 is 9.90 Å². The SMILES string of the molecule is CC(C)N(C)C(=O)N1CCN(C(C)C)C(CCO)C1. The van der Waals surface area contributed by atoms with Gasteiger partial charge in [0.1, 0.15) is 0 Å². The number of carbonyl (C=O) groups excluding carboxylic acids is 1. The van der Waals surface area contributed by atoms with E-state index in [1.54, 1.807) is 4.90 Å². The van der Waals surface area contributed by atoms with Gasteiger partial charge >= 0.3 is 6.03 Å². The third kappa shape index (κ3) is 4.08. The van der Waals surface area contributed by atoms with E-state index in [1.165, 1.54) is 0 Å². The maximum Gasteiger partial charge on any atom is 0.320 e. The number of aliphatic hydroxyl groups is 1. The van der Waals surface area contributed by atoms with E-state index >= 15 is 0 Å². The number of urea groups is 1. The molecule has 0 bridgehead atoms. The van der Waals surface area contributed by atoms with Crippen molar-refractivity contribution in [3.63, 3.8) is 0 Å². The summed E-state index contributed by atoms with van der Waals surface area (Å²) in [5, 5.41) is 9.20. The number of hydrogen-bond donors (Lipinski definition) is 1. The van der Waals surface area contributed by atoms with Gasteiger partial charge in [0.2, 0.25) is 0 Å². The Morgan fingerprint density at radius 1 is 1.32 bits per heavy atom. The third-order valence-electron chi connectivity index (χ3n) is 4.00. The van der Waals surface area contributed by atoms with Gasteiger partial charge in [0, 0.05) is 51.4 Å². The van der Waals surface area contributed by atoms with Crippen LogP contribution in [0.15, 0.2) is 0 Å². The van der Waals surface area contributed by atoms with Gasteiger partial charge in [-0.05, 0) is 34.1 Å². The summed E-state index contributed by atoms with van der Waals surface area (Å²) < 4.78 is 0. The van der Waals surface area contributed by atoms with Gasteiger partial charge in [0.05, 0.1) is 0 Å². The Hall–Kier alpha value is -0.810. The maximum atomic E-state index is 12.3. The molecule has 0 saturated carbocycles. The first-order valence-corrected chi connectivity index (χ1v) is 7.26. The van der Waals surface area contributed by atoms with Crippen LogP contribution in [0.25, 0.3) is 0 Å². The van der Waals surface area contributed by atoms with Gasteiger partial charge in [-0.25, -0.2) is 4.79 Å². The number of nitrogens with zero attached hydrogens (tertiary/aromatic N) is 3. The molecule has 0 aromatic heterocycles. The first-order valence-electron chi connectivity index (χ1n) is 7.26. The minimum absolute atomic E-state index is 0.0985. The van der Waals surface area contributed by atoms with E-state index in [0.29, 0.717) is 12.6 Å². The molecule has 1 fully saturated rings. The fourth-order valence-corrected chi connectivity index (χ4v) is 2.57. The number of rotatable bonds is 4. The first kappa shape index (κ1) is 16.2. The molecule has 0 aromatic rings. The highest BCUT2D eigenvalue weighted by Gasteiger charge is 2.31. The summed E-state index contributed by atoms with van der Waals surface area (Å²) in [7, 11) is 1.85. The molecule has 1 heterocycles. The van der Waals surface area contributed by atoms with Gasteiger partial charge in [0.15, 0.2) is 0 Å². The number of amides is 2. The largest absolute Gasteiger partial charge is 0.396 e. The van der Waals surface area contributed by atoms with Crippen molar-refractivity contribution in [3.8, 4) is 0 Å². The van der Waals surface area contributed by atoms with Crippen molar-refractivity contribution in [2.75, 3.05) is 33.3 Å². The molecule has 5 heteroatoms. The van der Waals surface area contributed by atoms with Crippen LogP contribution in [0, 0.1) is 0 Å². The van der Waals surface area contributed by atoms with Crippen LogP contribution < -0.4 is 0 Å². The Labute approximate surface area is 117 Å².